The molecule has 0 saturated carbocycles. The molecule has 0 atom stereocenters. The lowest BCUT2D eigenvalue weighted by Crippen LogP contribution is -2.20. The minimum atomic E-state index is -0.0235. The first-order valence-electron chi connectivity index (χ1n) is 4.83. The van der Waals surface area contributed by atoms with Crippen LogP contribution in [0, 0.1) is 0 Å². The molecule has 1 aliphatic carbocycles. The van der Waals surface area contributed by atoms with Gasteiger partial charge in [0.2, 0.25) is 5.78 Å². The highest BCUT2D eigenvalue weighted by Gasteiger charge is 2.30. The second kappa shape index (κ2) is 2.83. The molecule has 0 radical (unpaired) electrons. The Morgan fingerprint density at radius 2 is 2.33 bits per heavy atom. The number of carbonyl (C=O) groups excluding carboxylic acids is 1. The Hall–Kier alpha value is -1.35. The molecule has 2 heterocycles. The van der Waals surface area contributed by atoms with Gasteiger partial charge in [-0.3, -0.25) is 9.79 Å². The summed E-state index contributed by atoms with van der Waals surface area (Å²) in [4.78, 5) is 16.2. The molecule has 0 fully saturated rings. The van der Waals surface area contributed by atoms with E-state index in [1.807, 2.05) is 17.8 Å². The molecule has 1 aliphatic heterocycles. The van der Waals surface area contributed by atoms with Crippen LogP contribution in [-0.4, -0.2) is 22.6 Å². The number of ketones is 1. The standard InChI is InChI=1S/C11H9ClN2O/c1-14-5-6-2-3-13-10-7(12)4-8(15)11(14)9(6)10/h4-5H,2-3H2,1H3. The third-order valence-electron chi connectivity index (χ3n) is 2.87. The van der Waals surface area contributed by atoms with E-state index in [-0.39, 0.29) is 5.78 Å². The molecule has 0 N–H and O–H groups in total. The highest BCUT2D eigenvalue weighted by molar-refractivity contribution is 6.50. The number of rotatable bonds is 0. The maximum Gasteiger partial charge on any atom is 0.204 e. The van der Waals surface area contributed by atoms with E-state index < -0.39 is 0 Å². The zero-order valence-corrected chi connectivity index (χ0v) is 9.01. The van der Waals surface area contributed by atoms with E-state index in [1.165, 1.54) is 11.6 Å². The van der Waals surface area contributed by atoms with Gasteiger partial charge in [-0.15, -0.1) is 0 Å². The first-order chi connectivity index (χ1) is 7.18. The van der Waals surface area contributed by atoms with Crippen LogP contribution in [0.2, 0.25) is 0 Å². The first-order valence-corrected chi connectivity index (χ1v) is 5.21. The van der Waals surface area contributed by atoms with Crippen LogP contribution in [0.25, 0.3) is 0 Å². The van der Waals surface area contributed by atoms with Crippen molar-refractivity contribution in [2.45, 2.75) is 6.42 Å². The van der Waals surface area contributed by atoms with Crippen molar-refractivity contribution >= 4 is 23.1 Å². The lowest BCUT2D eigenvalue weighted by atomic mass is 9.94. The summed E-state index contributed by atoms with van der Waals surface area (Å²) in [5, 5.41) is 0.472. The second-order valence-corrected chi connectivity index (χ2v) is 4.23. The van der Waals surface area contributed by atoms with Crippen molar-refractivity contribution in [1.82, 2.24) is 4.57 Å². The molecule has 3 rings (SSSR count). The molecule has 15 heavy (non-hydrogen) atoms. The van der Waals surface area contributed by atoms with E-state index in [9.17, 15) is 4.79 Å². The first kappa shape index (κ1) is 8.92. The Morgan fingerprint density at radius 1 is 1.53 bits per heavy atom. The Bertz CT molecular complexity index is 537. The van der Waals surface area contributed by atoms with Gasteiger partial charge in [-0.1, -0.05) is 11.6 Å². The topological polar surface area (TPSA) is 34.4 Å². The van der Waals surface area contributed by atoms with Crippen LogP contribution < -0.4 is 0 Å². The number of hydrogen-bond acceptors (Lipinski definition) is 2. The molecule has 0 unspecified atom stereocenters. The molecule has 0 aromatic carbocycles. The molecule has 0 bridgehead atoms. The molecular weight excluding hydrogens is 212 g/mol. The highest BCUT2D eigenvalue weighted by atomic mass is 35.5. The van der Waals surface area contributed by atoms with Crippen LogP contribution in [0.5, 0.6) is 0 Å². The Labute approximate surface area is 92.1 Å². The summed E-state index contributed by atoms with van der Waals surface area (Å²) in [7, 11) is 1.89. The molecule has 4 heteroatoms. The van der Waals surface area contributed by atoms with E-state index in [4.69, 9.17) is 11.6 Å². The van der Waals surface area contributed by atoms with Crippen LogP contribution in [0.1, 0.15) is 21.6 Å². The maximum atomic E-state index is 11.8. The summed E-state index contributed by atoms with van der Waals surface area (Å²) in [6.07, 6.45) is 4.35. The largest absolute Gasteiger partial charge is 0.347 e. The van der Waals surface area contributed by atoms with Crippen LogP contribution in [0.15, 0.2) is 22.3 Å². The molecule has 2 aliphatic rings. The monoisotopic (exact) mass is 220 g/mol. The summed E-state index contributed by atoms with van der Waals surface area (Å²) in [5.74, 6) is -0.0235. The number of aromatic nitrogens is 1. The fourth-order valence-corrected chi connectivity index (χ4v) is 2.51. The van der Waals surface area contributed by atoms with Gasteiger partial charge in [0.25, 0.3) is 0 Å². The van der Waals surface area contributed by atoms with Crippen molar-refractivity contribution in [1.29, 1.82) is 0 Å². The predicted molar refractivity (Wildman–Crippen MR) is 58.8 cm³/mol. The van der Waals surface area contributed by atoms with Gasteiger partial charge in [-0.05, 0) is 12.0 Å². The summed E-state index contributed by atoms with van der Waals surface area (Å²) in [5.41, 5.74) is 3.62. The minimum Gasteiger partial charge on any atom is -0.347 e. The molecule has 0 spiro atoms. The van der Waals surface area contributed by atoms with Crippen molar-refractivity contribution in [2.24, 2.45) is 12.0 Å². The van der Waals surface area contributed by atoms with Gasteiger partial charge in [0.15, 0.2) is 0 Å². The number of hydrogen-bond donors (Lipinski definition) is 0. The Balaban J connectivity index is 2.38. The molecule has 76 valence electrons. The van der Waals surface area contributed by atoms with Crippen molar-refractivity contribution in [2.75, 3.05) is 6.54 Å². The van der Waals surface area contributed by atoms with E-state index in [1.54, 1.807) is 0 Å². The van der Waals surface area contributed by atoms with Crippen LogP contribution in [0.4, 0.5) is 0 Å². The zero-order chi connectivity index (χ0) is 10.6. The molecule has 1 aromatic rings. The van der Waals surface area contributed by atoms with E-state index in [0.717, 1.165) is 24.2 Å². The third kappa shape index (κ3) is 1.07. The molecule has 0 saturated heterocycles. The van der Waals surface area contributed by atoms with Gasteiger partial charge in [0.05, 0.1) is 16.4 Å². The lowest BCUT2D eigenvalue weighted by molar-refractivity contribution is 0.103. The van der Waals surface area contributed by atoms with Gasteiger partial charge >= 0.3 is 0 Å². The van der Waals surface area contributed by atoms with Crippen molar-refractivity contribution in [3.8, 4) is 0 Å². The predicted octanol–water partition coefficient (Wildman–Crippen LogP) is 1.69. The third-order valence-corrected chi connectivity index (χ3v) is 3.15. The number of halogens is 1. The smallest absolute Gasteiger partial charge is 0.204 e. The van der Waals surface area contributed by atoms with Gasteiger partial charge in [-0.25, -0.2) is 0 Å². The molecule has 1 aromatic heterocycles. The Morgan fingerprint density at radius 3 is 3.13 bits per heavy atom. The summed E-state index contributed by atoms with van der Waals surface area (Å²) < 4.78 is 1.87. The molecule has 0 amide bonds. The number of carbonyl (C=O) groups is 1. The highest BCUT2D eigenvalue weighted by Crippen LogP contribution is 2.30. The van der Waals surface area contributed by atoms with Gasteiger partial charge in [0, 0.05) is 31.4 Å². The lowest BCUT2D eigenvalue weighted by Gasteiger charge is -2.17. The van der Waals surface area contributed by atoms with E-state index >= 15 is 0 Å². The minimum absolute atomic E-state index is 0.0235. The molecular formula is C11H9ClN2O. The van der Waals surface area contributed by atoms with Gasteiger partial charge in [0.1, 0.15) is 0 Å². The summed E-state index contributed by atoms with van der Waals surface area (Å²) >= 11 is 6.02. The van der Waals surface area contributed by atoms with Crippen molar-refractivity contribution < 1.29 is 4.79 Å². The van der Waals surface area contributed by atoms with E-state index in [0.29, 0.717) is 10.7 Å². The number of allylic oxidation sites excluding steroid dienone is 2. The van der Waals surface area contributed by atoms with Crippen LogP contribution in [0.3, 0.4) is 0 Å². The maximum absolute atomic E-state index is 11.8. The molecule has 3 nitrogen and oxygen atoms in total. The number of nitrogens with zero attached hydrogens (tertiary/aromatic N) is 2. The van der Waals surface area contributed by atoms with E-state index in [2.05, 4.69) is 4.99 Å². The van der Waals surface area contributed by atoms with Gasteiger partial charge < -0.3 is 4.57 Å². The Kier molecular flexibility index (Phi) is 1.68. The number of aryl methyl sites for hydroxylation is 1. The van der Waals surface area contributed by atoms with Crippen molar-refractivity contribution in [3.05, 3.63) is 34.1 Å². The number of aliphatic imine (C=N–C) groups is 1. The van der Waals surface area contributed by atoms with Gasteiger partial charge in [-0.2, -0.15) is 0 Å². The fraction of sp³-hybridized carbons (Fsp3) is 0.273. The fourth-order valence-electron chi connectivity index (χ4n) is 2.26. The van der Waals surface area contributed by atoms with Crippen LogP contribution in [-0.2, 0) is 13.5 Å². The summed E-state index contributed by atoms with van der Waals surface area (Å²) in [6, 6.07) is 0. The quantitative estimate of drug-likeness (QED) is 0.655. The van der Waals surface area contributed by atoms with Crippen molar-refractivity contribution in [3.63, 3.8) is 0 Å². The SMILES string of the molecule is Cn1cc2c3c1C(=O)C=C(Cl)C3=NCC2. The zero-order valence-electron chi connectivity index (χ0n) is 8.25. The normalized spacial score (nSPS) is 18.4. The average molecular weight is 221 g/mol. The van der Waals surface area contributed by atoms with Crippen LogP contribution >= 0.6 is 11.6 Å². The average Bonchev–Trinajstić information content (AvgIpc) is 2.51. The summed E-state index contributed by atoms with van der Waals surface area (Å²) in [6.45, 7) is 0.754. The second-order valence-electron chi connectivity index (χ2n) is 3.83.